The number of piperazine rings is 1. The van der Waals surface area contributed by atoms with E-state index in [4.69, 9.17) is 0 Å². The van der Waals surface area contributed by atoms with Crippen molar-refractivity contribution in [2.45, 2.75) is 13.8 Å². The van der Waals surface area contributed by atoms with Crippen LogP contribution >= 0.6 is 11.3 Å². The third-order valence-corrected chi connectivity index (χ3v) is 5.95. The molecule has 150 valence electrons. The van der Waals surface area contributed by atoms with Gasteiger partial charge in [-0.15, -0.1) is 0 Å². The summed E-state index contributed by atoms with van der Waals surface area (Å²) in [4.78, 5) is 26.2. The molecule has 3 heterocycles. The number of amides is 1. The fourth-order valence-electron chi connectivity index (χ4n) is 3.34. The van der Waals surface area contributed by atoms with Crippen LogP contribution in [0.4, 0.5) is 21.0 Å². The summed E-state index contributed by atoms with van der Waals surface area (Å²) < 4.78 is 13.0. The maximum atomic E-state index is 13.0. The Hall–Kier alpha value is -3.00. The Kier molecular flexibility index (Phi) is 5.44. The molecule has 0 bridgehead atoms. The van der Waals surface area contributed by atoms with E-state index in [2.05, 4.69) is 51.4 Å². The summed E-state index contributed by atoms with van der Waals surface area (Å²) in [6, 6.07) is 11.3. The van der Waals surface area contributed by atoms with Crippen LogP contribution in [0.5, 0.6) is 0 Å². The lowest BCUT2D eigenvalue weighted by Gasteiger charge is -2.36. The second-order valence-corrected chi connectivity index (χ2v) is 8.04. The van der Waals surface area contributed by atoms with E-state index in [-0.39, 0.29) is 5.91 Å². The quantitative estimate of drug-likeness (QED) is 0.703. The van der Waals surface area contributed by atoms with Gasteiger partial charge in [-0.25, -0.2) is 14.4 Å². The van der Waals surface area contributed by atoms with Crippen LogP contribution in [0.15, 0.2) is 42.6 Å². The van der Waals surface area contributed by atoms with Crippen LogP contribution in [0.1, 0.15) is 20.9 Å². The summed E-state index contributed by atoms with van der Waals surface area (Å²) in [5.41, 5.74) is 3.12. The molecular weight excluding hydrogens is 389 g/mol. The molecule has 1 aromatic carbocycles. The Morgan fingerprint density at radius 2 is 1.93 bits per heavy atom. The van der Waals surface area contributed by atoms with Gasteiger partial charge in [-0.2, -0.15) is 0 Å². The fourth-order valence-corrected chi connectivity index (χ4v) is 4.28. The van der Waals surface area contributed by atoms with Gasteiger partial charge in [-0.1, -0.05) is 23.5 Å². The molecule has 6 nitrogen and oxygen atoms in total. The molecule has 4 rings (SSSR count). The molecule has 1 fully saturated rings. The number of carbonyl (C=O) groups is 1. The number of rotatable bonds is 4. The molecule has 8 heteroatoms. The third-order valence-electron chi connectivity index (χ3n) is 4.89. The molecule has 0 spiro atoms. The van der Waals surface area contributed by atoms with E-state index >= 15 is 0 Å². The van der Waals surface area contributed by atoms with E-state index in [9.17, 15) is 9.18 Å². The molecule has 1 aliphatic rings. The summed E-state index contributed by atoms with van der Waals surface area (Å²) in [5, 5.41) is 3.61. The molecule has 0 aliphatic carbocycles. The van der Waals surface area contributed by atoms with Gasteiger partial charge in [0.15, 0.2) is 5.13 Å². The first-order valence-electron chi connectivity index (χ1n) is 9.46. The van der Waals surface area contributed by atoms with Gasteiger partial charge in [0.2, 0.25) is 0 Å². The molecule has 1 saturated heterocycles. The molecule has 2 aromatic heterocycles. The van der Waals surface area contributed by atoms with Crippen molar-refractivity contribution in [2.24, 2.45) is 0 Å². The third kappa shape index (κ3) is 4.37. The smallest absolute Gasteiger partial charge is 0.266 e. The summed E-state index contributed by atoms with van der Waals surface area (Å²) >= 11 is 1.30. The largest absolute Gasteiger partial charge is 0.368 e. The number of benzene rings is 1. The Balaban J connectivity index is 1.41. The van der Waals surface area contributed by atoms with Crippen LogP contribution in [0.2, 0.25) is 0 Å². The van der Waals surface area contributed by atoms with Gasteiger partial charge in [0.25, 0.3) is 5.91 Å². The molecule has 1 N–H and O–H groups in total. The van der Waals surface area contributed by atoms with Crippen LogP contribution in [-0.2, 0) is 0 Å². The van der Waals surface area contributed by atoms with Crippen molar-refractivity contribution >= 4 is 33.9 Å². The number of nitrogens with one attached hydrogen (secondary N) is 1. The number of hydrogen-bond acceptors (Lipinski definition) is 6. The van der Waals surface area contributed by atoms with E-state index in [0.29, 0.717) is 34.6 Å². The standard InChI is InChI=1S/C21H22FN5OS/c1-14-4-3-5-17(12-14)26-8-10-27(11-9-26)20(28)19-15(2)24-21(29-19)25-18-7-6-16(22)13-23-18/h3-7,12-13H,8-11H2,1-2H3,(H,23,24,25). The van der Waals surface area contributed by atoms with E-state index in [0.717, 1.165) is 19.3 Å². The van der Waals surface area contributed by atoms with Crippen molar-refractivity contribution in [2.75, 3.05) is 36.4 Å². The number of anilines is 3. The average molecular weight is 412 g/mol. The molecule has 29 heavy (non-hydrogen) atoms. The molecular formula is C21H22FN5OS. The zero-order chi connectivity index (χ0) is 20.4. The Labute approximate surface area is 173 Å². The van der Waals surface area contributed by atoms with Gasteiger partial charge in [-0.3, -0.25) is 4.79 Å². The maximum absolute atomic E-state index is 13.0. The highest BCUT2D eigenvalue weighted by molar-refractivity contribution is 7.17. The number of pyridine rings is 1. The molecule has 0 unspecified atom stereocenters. The molecule has 0 saturated carbocycles. The Morgan fingerprint density at radius 3 is 2.62 bits per heavy atom. The second kappa shape index (κ2) is 8.16. The normalized spacial score (nSPS) is 14.2. The molecule has 0 atom stereocenters. The summed E-state index contributed by atoms with van der Waals surface area (Å²) in [6.45, 7) is 6.87. The van der Waals surface area contributed by atoms with E-state index < -0.39 is 5.82 Å². The lowest BCUT2D eigenvalue weighted by molar-refractivity contribution is 0.0750. The van der Waals surface area contributed by atoms with Gasteiger partial charge in [0, 0.05) is 31.9 Å². The first kappa shape index (κ1) is 19.3. The average Bonchev–Trinajstić information content (AvgIpc) is 3.09. The number of thiazole rings is 1. The van der Waals surface area contributed by atoms with Crippen molar-refractivity contribution in [3.05, 3.63) is 64.5 Å². The van der Waals surface area contributed by atoms with Gasteiger partial charge < -0.3 is 15.1 Å². The SMILES string of the molecule is Cc1cccc(N2CCN(C(=O)c3sc(Nc4ccc(F)cn4)nc3C)CC2)c1. The van der Waals surface area contributed by atoms with Crippen molar-refractivity contribution in [3.63, 3.8) is 0 Å². The maximum Gasteiger partial charge on any atom is 0.266 e. The zero-order valence-corrected chi connectivity index (χ0v) is 17.2. The van der Waals surface area contributed by atoms with Crippen LogP contribution < -0.4 is 10.2 Å². The zero-order valence-electron chi connectivity index (χ0n) is 16.4. The Bertz CT molecular complexity index is 1010. The number of aromatic nitrogens is 2. The summed E-state index contributed by atoms with van der Waals surface area (Å²) in [7, 11) is 0. The topological polar surface area (TPSA) is 61.4 Å². The lowest BCUT2D eigenvalue weighted by atomic mass is 10.2. The van der Waals surface area contributed by atoms with Crippen molar-refractivity contribution in [1.82, 2.24) is 14.9 Å². The number of nitrogens with zero attached hydrogens (tertiary/aromatic N) is 4. The van der Waals surface area contributed by atoms with Gasteiger partial charge in [-0.05, 0) is 43.7 Å². The molecule has 3 aromatic rings. The first-order chi connectivity index (χ1) is 14.0. The number of aryl methyl sites for hydroxylation is 2. The van der Waals surface area contributed by atoms with Crippen LogP contribution in [0.3, 0.4) is 0 Å². The number of halogens is 1. The molecule has 1 amide bonds. The van der Waals surface area contributed by atoms with Crippen molar-refractivity contribution < 1.29 is 9.18 Å². The highest BCUT2D eigenvalue weighted by atomic mass is 32.1. The van der Waals surface area contributed by atoms with Crippen LogP contribution in [0.25, 0.3) is 0 Å². The number of hydrogen-bond donors (Lipinski definition) is 1. The first-order valence-corrected chi connectivity index (χ1v) is 10.3. The van der Waals surface area contributed by atoms with Gasteiger partial charge in [0.1, 0.15) is 16.5 Å². The van der Waals surface area contributed by atoms with E-state index in [1.54, 1.807) is 0 Å². The van der Waals surface area contributed by atoms with Gasteiger partial charge in [0.05, 0.1) is 11.9 Å². The minimum atomic E-state index is -0.397. The summed E-state index contributed by atoms with van der Waals surface area (Å²) in [5.74, 6) is 0.0986. The predicted molar refractivity (Wildman–Crippen MR) is 114 cm³/mol. The van der Waals surface area contributed by atoms with Crippen LogP contribution in [-0.4, -0.2) is 47.0 Å². The molecule has 1 aliphatic heterocycles. The van der Waals surface area contributed by atoms with E-state index in [1.807, 2.05) is 11.8 Å². The number of carbonyl (C=O) groups excluding carboxylic acids is 1. The summed E-state index contributed by atoms with van der Waals surface area (Å²) in [6.07, 6.45) is 1.14. The predicted octanol–water partition coefficient (Wildman–Crippen LogP) is 4.00. The fraction of sp³-hybridized carbons (Fsp3) is 0.286. The van der Waals surface area contributed by atoms with Crippen LogP contribution in [0, 0.1) is 19.7 Å². The van der Waals surface area contributed by atoms with Crippen molar-refractivity contribution in [3.8, 4) is 0 Å². The lowest BCUT2D eigenvalue weighted by Crippen LogP contribution is -2.48. The second-order valence-electron chi connectivity index (χ2n) is 7.04. The Morgan fingerprint density at radius 1 is 1.14 bits per heavy atom. The monoisotopic (exact) mass is 411 g/mol. The highest BCUT2D eigenvalue weighted by Gasteiger charge is 2.25. The molecule has 0 radical (unpaired) electrons. The van der Waals surface area contributed by atoms with E-state index in [1.165, 1.54) is 34.7 Å². The van der Waals surface area contributed by atoms with Crippen molar-refractivity contribution in [1.29, 1.82) is 0 Å². The minimum absolute atomic E-state index is 0.00371. The highest BCUT2D eigenvalue weighted by Crippen LogP contribution is 2.27. The van der Waals surface area contributed by atoms with Gasteiger partial charge >= 0.3 is 0 Å². The minimum Gasteiger partial charge on any atom is -0.368 e.